The summed E-state index contributed by atoms with van der Waals surface area (Å²) in [5, 5.41) is 9.53. The third kappa shape index (κ3) is 3.43. The van der Waals surface area contributed by atoms with Crippen LogP contribution in [-0.2, 0) is 0 Å². The predicted molar refractivity (Wildman–Crippen MR) is 85.3 cm³/mol. The van der Waals surface area contributed by atoms with Gasteiger partial charge < -0.3 is 21.1 Å². The fourth-order valence-corrected chi connectivity index (χ4v) is 2.19. The Bertz CT molecular complexity index is 971. The number of ether oxygens (including phenoxy) is 1. The Balaban J connectivity index is 2.04. The van der Waals surface area contributed by atoms with Crippen LogP contribution in [0.15, 0.2) is 30.6 Å². The van der Waals surface area contributed by atoms with Gasteiger partial charge in [-0.1, -0.05) is 0 Å². The molecule has 0 saturated carbocycles. The van der Waals surface area contributed by atoms with Crippen molar-refractivity contribution in [1.29, 1.82) is 0 Å². The lowest BCUT2D eigenvalue weighted by Crippen LogP contribution is -2.18. The summed E-state index contributed by atoms with van der Waals surface area (Å²) in [5.74, 6) is -0.859. The van der Waals surface area contributed by atoms with Crippen molar-refractivity contribution in [3.05, 3.63) is 36.2 Å². The minimum atomic E-state index is -4.90. The van der Waals surface area contributed by atoms with Crippen LogP contribution in [0.4, 0.5) is 30.5 Å². The summed E-state index contributed by atoms with van der Waals surface area (Å²) in [5.41, 5.74) is 5.41. The van der Waals surface area contributed by atoms with E-state index >= 15 is 0 Å². The van der Waals surface area contributed by atoms with Gasteiger partial charge in [-0.15, -0.1) is 13.2 Å². The zero-order valence-electron chi connectivity index (χ0n) is 13.2. The Hall–Kier alpha value is -3.57. The van der Waals surface area contributed by atoms with Gasteiger partial charge >= 0.3 is 6.36 Å². The van der Waals surface area contributed by atoms with Crippen molar-refractivity contribution in [2.45, 2.75) is 6.36 Å². The number of primary amides is 1. The van der Waals surface area contributed by atoms with Gasteiger partial charge in [0.25, 0.3) is 5.91 Å². The van der Waals surface area contributed by atoms with Crippen molar-refractivity contribution in [2.24, 2.45) is 5.73 Å². The lowest BCUT2D eigenvalue weighted by atomic mass is 10.3. The number of amides is 1. The van der Waals surface area contributed by atoms with Crippen molar-refractivity contribution >= 4 is 28.9 Å². The number of fused-ring (bicyclic) bond motifs is 1. The van der Waals surface area contributed by atoms with E-state index in [1.54, 1.807) is 7.05 Å². The molecule has 0 saturated heterocycles. The van der Waals surface area contributed by atoms with Gasteiger partial charge in [0.15, 0.2) is 5.65 Å². The summed E-state index contributed by atoms with van der Waals surface area (Å²) in [6, 6.07) is 4.25. The highest BCUT2D eigenvalue weighted by Gasteiger charge is 2.33. The molecular formula is C14H12F3N7O2. The Morgan fingerprint density at radius 1 is 1.38 bits per heavy atom. The average molecular weight is 367 g/mol. The number of pyridine rings is 1. The number of carbonyl (C=O) groups excluding carboxylic acids is 1. The van der Waals surface area contributed by atoms with Crippen LogP contribution in [0.2, 0.25) is 0 Å². The van der Waals surface area contributed by atoms with E-state index in [2.05, 4.69) is 30.4 Å². The van der Waals surface area contributed by atoms with Crippen LogP contribution < -0.4 is 21.1 Å². The molecule has 3 aromatic rings. The fraction of sp³-hybridized carbons (Fsp3) is 0.143. The number of nitrogens with two attached hydrogens (primary N) is 1. The summed E-state index contributed by atoms with van der Waals surface area (Å²) in [7, 11) is 1.60. The molecule has 3 rings (SSSR count). The molecule has 0 aliphatic rings. The van der Waals surface area contributed by atoms with Gasteiger partial charge in [0.1, 0.15) is 22.9 Å². The topological polar surface area (TPSA) is 119 Å². The van der Waals surface area contributed by atoms with Crippen LogP contribution in [0.3, 0.4) is 0 Å². The lowest BCUT2D eigenvalue weighted by molar-refractivity contribution is -0.275. The van der Waals surface area contributed by atoms with E-state index in [9.17, 15) is 18.0 Å². The molecule has 0 spiro atoms. The Kier molecular flexibility index (Phi) is 4.24. The van der Waals surface area contributed by atoms with Gasteiger partial charge in [-0.3, -0.25) is 4.79 Å². The van der Waals surface area contributed by atoms with E-state index in [1.807, 2.05) is 0 Å². The molecule has 0 fully saturated rings. The summed E-state index contributed by atoms with van der Waals surface area (Å²) in [4.78, 5) is 19.2. The lowest BCUT2D eigenvalue weighted by Gasteiger charge is -2.14. The smallest absolute Gasteiger partial charge is 0.386 e. The number of hydrogen-bond acceptors (Lipinski definition) is 7. The van der Waals surface area contributed by atoms with Crippen LogP contribution >= 0.6 is 0 Å². The molecule has 4 N–H and O–H groups in total. The highest BCUT2D eigenvalue weighted by atomic mass is 19.4. The molecule has 0 bridgehead atoms. The standard InChI is InChI=1S/C14H12F3N7O2/c1-19-10-5-9(23-12-7(11(18)25)6-21-24(10)12)22-8-3-2-4-20-13(8)26-14(15,16)17/h2-6,19H,1H3,(H2,18,25)(H,22,23). The summed E-state index contributed by atoms with van der Waals surface area (Å²) in [6.45, 7) is 0. The molecule has 0 aliphatic heterocycles. The first-order chi connectivity index (χ1) is 12.3. The Morgan fingerprint density at radius 3 is 2.81 bits per heavy atom. The Morgan fingerprint density at radius 2 is 2.15 bits per heavy atom. The normalized spacial score (nSPS) is 11.4. The molecule has 1 amide bonds. The van der Waals surface area contributed by atoms with Crippen LogP contribution in [0, 0.1) is 0 Å². The largest absolute Gasteiger partial charge is 0.574 e. The van der Waals surface area contributed by atoms with Crippen molar-refractivity contribution < 1.29 is 22.7 Å². The third-order valence-corrected chi connectivity index (χ3v) is 3.24. The maximum Gasteiger partial charge on any atom is 0.574 e. The second-order valence-corrected chi connectivity index (χ2v) is 4.96. The number of nitrogens with one attached hydrogen (secondary N) is 2. The van der Waals surface area contributed by atoms with Crippen LogP contribution in [0.5, 0.6) is 5.88 Å². The first kappa shape index (κ1) is 17.3. The summed E-state index contributed by atoms with van der Waals surface area (Å²) in [6.07, 6.45) is -2.50. The van der Waals surface area contributed by atoms with E-state index < -0.39 is 18.1 Å². The van der Waals surface area contributed by atoms with Crippen LogP contribution in [-0.4, -0.2) is 38.9 Å². The number of aromatic nitrogens is 4. The molecule has 0 aliphatic carbocycles. The second kappa shape index (κ2) is 6.38. The number of nitrogens with zero attached hydrogens (tertiary/aromatic N) is 4. The number of anilines is 3. The van der Waals surface area contributed by atoms with E-state index in [0.717, 1.165) is 6.20 Å². The third-order valence-electron chi connectivity index (χ3n) is 3.24. The average Bonchev–Trinajstić information content (AvgIpc) is 2.98. The van der Waals surface area contributed by atoms with Crippen molar-refractivity contribution in [1.82, 2.24) is 19.6 Å². The number of rotatable bonds is 5. The van der Waals surface area contributed by atoms with E-state index in [4.69, 9.17) is 5.73 Å². The van der Waals surface area contributed by atoms with Gasteiger partial charge in [-0.05, 0) is 12.1 Å². The minimum absolute atomic E-state index is 0.0584. The molecule has 12 heteroatoms. The highest BCUT2D eigenvalue weighted by molar-refractivity contribution is 5.99. The van der Waals surface area contributed by atoms with Crippen molar-refractivity contribution in [2.75, 3.05) is 17.7 Å². The predicted octanol–water partition coefficient (Wildman–Crippen LogP) is 1.91. The fourth-order valence-electron chi connectivity index (χ4n) is 2.19. The molecule has 3 heterocycles. The van der Waals surface area contributed by atoms with E-state index in [0.29, 0.717) is 5.82 Å². The summed E-state index contributed by atoms with van der Waals surface area (Å²) < 4.78 is 42.7. The zero-order valence-corrected chi connectivity index (χ0v) is 13.2. The van der Waals surface area contributed by atoms with Crippen LogP contribution in [0.25, 0.3) is 5.65 Å². The van der Waals surface area contributed by atoms with Gasteiger partial charge in [-0.25, -0.2) is 9.97 Å². The first-order valence-corrected chi connectivity index (χ1v) is 7.12. The molecule has 9 nitrogen and oxygen atoms in total. The molecule has 0 unspecified atom stereocenters. The Labute approximate surface area is 144 Å². The van der Waals surface area contributed by atoms with Crippen LogP contribution in [0.1, 0.15) is 10.4 Å². The van der Waals surface area contributed by atoms with Gasteiger partial charge in [0, 0.05) is 19.3 Å². The first-order valence-electron chi connectivity index (χ1n) is 7.12. The molecule has 0 atom stereocenters. The second-order valence-electron chi connectivity index (χ2n) is 4.96. The molecule has 0 aromatic carbocycles. The molecule has 3 aromatic heterocycles. The van der Waals surface area contributed by atoms with E-state index in [1.165, 1.54) is 28.9 Å². The molecule has 0 radical (unpaired) electrons. The molecular weight excluding hydrogens is 355 g/mol. The quantitative estimate of drug-likeness (QED) is 0.630. The minimum Gasteiger partial charge on any atom is -0.386 e. The van der Waals surface area contributed by atoms with Crippen molar-refractivity contribution in [3.8, 4) is 5.88 Å². The number of alkyl halides is 3. The molecule has 136 valence electrons. The van der Waals surface area contributed by atoms with Gasteiger partial charge in [0.05, 0.1) is 6.20 Å². The zero-order chi connectivity index (χ0) is 18.9. The van der Waals surface area contributed by atoms with Crippen molar-refractivity contribution in [3.63, 3.8) is 0 Å². The van der Waals surface area contributed by atoms with Gasteiger partial charge in [-0.2, -0.15) is 9.61 Å². The monoisotopic (exact) mass is 367 g/mol. The molecule has 26 heavy (non-hydrogen) atoms. The van der Waals surface area contributed by atoms with E-state index in [-0.39, 0.29) is 22.7 Å². The summed E-state index contributed by atoms with van der Waals surface area (Å²) >= 11 is 0. The number of halogens is 3. The SMILES string of the molecule is CNc1cc(Nc2cccnc2OC(F)(F)F)nc2c(C(N)=O)cnn12. The maximum absolute atomic E-state index is 12.5. The van der Waals surface area contributed by atoms with Gasteiger partial charge in [0.2, 0.25) is 5.88 Å². The number of hydrogen-bond donors (Lipinski definition) is 3. The number of carbonyl (C=O) groups is 1. The highest BCUT2D eigenvalue weighted by Crippen LogP contribution is 2.30. The maximum atomic E-state index is 12.5.